The minimum absolute atomic E-state index is 0.0676. The molecule has 2 unspecified atom stereocenters. The Hall–Kier alpha value is -2.55. The van der Waals surface area contributed by atoms with Crippen molar-refractivity contribution in [1.82, 2.24) is 0 Å². The van der Waals surface area contributed by atoms with E-state index in [2.05, 4.69) is 15.8 Å². The summed E-state index contributed by atoms with van der Waals surface area (Å²) < 4.78 is 12.5. The highest BCUT2D eigenvalue weighted by Gasteiger charge is 2.67. The topological polar surface area (TPSA) is 79.8 Å². The Morgan fingerprint density at radius 2 is 1.63 bits per heavy atom. The predicted molar refractivity (Wildman–Crippen MR) is 151 cm³/mol. The number of nitrogens with zero attached hydrogens (tertiary/aromatic N) is 1. The van der Waals surface area contributed by atoms with Crippen molar-refractivity contribution in [2.45, 2.75) is 17.2 Å². The number of anilines is 2. The third-order valence-electron chi connectivity index (χ3n) is 5.91. The van der Waals surface area contributed by atoms with Gasteiger partial charge in [-0.05, 0) is 67.1 Å². The first-order valence-electron chi connectivity index (χ1n) is 11.1. The van der Waals surface area contributed by atoms with E-state index in [1.165, 1.54) is 43.5 Å². The first-order chi connectivity index (χ1) is 17.9. The molecule has 3 aromatic carbocycles. The molecule has 2 N–H and O–H groups in total. The van der Waals surface area contributed by atoms with Gasteiger partial charge in [0, 0.05) is 27.2 Å². The first kappa shape index (κ1) is 28.5. The number of nitrogens with one attached hydrogen (secondary N) is 2. The molecule has 0 heterocycles. The lowest BCUT2D eigenvalue weighted by Crippen LogP contribution is -2.19. The molecule has 1 fully saturated rings. The number of rotatable bonds is 7. The lowest BCUT2D eigenvalue weighted by molar-refractivity contribution is -0.117. The number of benzene rings is 3. The third kappa shape index (κ3) is 6.03. The van der Waals surface area contributed by atoms with Crippen LogP contribution in [0.1, 0.15) is 34.3 Å². The summed E-state index contributed by atoms with van der Waals surface area (Å²) in [6, 6.07) is 13.1. The summed E-state index contributed by atoms with van der Waals surface area (Å²) in [6.45, 7) is 1.60. The van der Waals surface area contributed by atoms with Crippen molar-refractivity contribution in [2.75, 3.05) is 17.7 Å². The molecular weight excluding hydrogens is 599 g/mol. The zero-order valence-corrected chi connectivity index (χ0v) is 23.6. The van der Waals surface area contributed by atoms with Gasteiger partial charge >= 0.3 is 0 Å². The van der Waals surface area contributed by atoms with E-state index in [0.29, 0.717) is 32.6 Å². The second kappa shape index (κ2) is 11.3. The van der Waals surface area contributed by atoms with Crippen LogP contribution in [0.3, 0.4) is 0 Å². The van der Waals surface area contributed by atoms with Crippen LogP contribution in [-0.4, -0.2) is 29.0 Å². The molecule has 0 spiro atoms. The molecule has 1 saturated carbocycles. The van der Waals surface area contributed by atoms with Crippen LogP contribution in [0.5, 0.6) is 0 Å². The standard InChI is InChI=1S/C26H19Cl5FN3O3/c1-12(35-38-2)18-10-16(32)3-6-21(18)34-24(36)19-11-17(4-5-20(19)29)33-25(37)23-22(26(23,30)31)13-7-14(27)9-15(28)8-13/h3-11,22-23H,1-2H3,(H,33,37)(H,34,36)/b35-12+. The molecule has 38 heavy (non-hydrogen) atoms. The van der Waals surface area contributed by atoms with E-state index in [4.69, 9.17) is 62.8 Å². The first-order valence-corrected chi connectivity index (χ1v) is 12.9. The quantitative estimate of drug-likeness (QED) is 0.161. The average molecular weight is 618 g/mol. The second-order valence-electron chi connectivity index (χ2n) is 8.52. The van der Waals surface area contributed by atoms with E-state index >= 15 is 0 Å². The maximum absolute atomic E-state index is 13.8. The molecule has 3 aromatic rings. The lowest BCUT2D eigenvalue weighted by Gasteiger charge is -2.13. The fraction of sp³-hybridized carbons (Fsp3) is 0.192. The van der Waals surface area contributed by atoms with E-state index < -0.39 is 33.8 Å². The second-order valence-corrected chi connectivity index (χ2v) is 11.2. The summed E-state index contributed by atoms with van der Waals surface area (Å²) in [6.07, 6.45) is 0. The minimum atomic E-state index is -1.37. The average Bonchev–Trinajstić information content (AvgIpc) is 3.43. The highest BCUT2D eigenvalue weighted by molar-refractivity contribution is 6.53. The Morgan fingerprint density at radius 3 is 2.29 bits per heavy atom. The van der Waals surface area contributed by atoms with Crippen molar-refractivity contribution in [1.29, 1.82) is 0 Å². The van der Waals surface area contributed by atoms with Crippen molar-refractivity contribution in [3.8, 4) is 0 Å². The third-order valence-corrected chi connectivity index (χ3v) is 7.61. The fourth-order valence-corrected chi connectivity index (χ4v) is 5.69. The van der Waals surface area contributed by atoms with Crippen LogP contribution < -0.4 is 10.6 Å². The van der Waals surface area contributed by atoms with E-state index in [0.717, 1.165) is 0 Å². The Morgan fingerprint density at radius 1 is 0.947 bits per heavy atom. The van der Waals surface area contributed by atoms with Gasteiger partial charge in [-0.1, -0.05) is 40.0 Å². The van der Waals surface area contributed by atoms with Crippen LogP contribution in [-0.2, 0) is 9.63 Å². The van der Waals surface area contributed by atoms with Gasteiger partial charge in [-0.2, -0.15) is 0 Å². The van der Waals surface area contributed by atoms with E-state index in [1.807, 2.05) is 0 Å². The Kier molecular flexibility index (Phi) is 8.45. The number of oxime groups is 1. The smallest absolute Gasteiger partial charge is 0.257 e. The predicted octanol–water partition coefficient (Wildman–Crippen LogP) is 7.93. The summed E-state index contributed by atoms with van der Waals surface area (Å²) in [5.41, 5.74) is 1.95. The molecule has 2 atom stereocenters. The molecule has 2 amide bonds. The van der Waals surface area contributed by atoms with E-state index in [1.54, 1.807) is 25.1 Å². The number of halogens is 6. The summed E-state index contributed by atoms with van der Waals surface area (Å²) in [5, 5.41) is 10.1. The highest BCUT2D eigenvalue weighted by atomic mass is 35.5. The maximum Gasteiger partial charge on any atom is 0.257 e. The number of hydrogen-bond acceptors (Lipinski definition) is 4. The molecule has 0 aliphatic heterocycles. The SMILES string of the molecule is CO/N=C(\C)c1cc(F)ccc1NC(=O)c1cc(NC(=O)C2C(c3cc(Cl)cc(Cl)c3)C2(Cl)Cl)ccc1Cl. The largest absolute Gasteiger partial charge is 0.399 e. The van der Waals surface area contributed by atoms with Gasteiger partial charge in [0.2, 0.25) is 5.91 Å². The van der Waals surface area contributed by atoms with Crippen LogP contribution in [0.2, 0.25) is 15.1 Å². The normalized spacial score (nSPS) is 18.1. The molecule has 0 aromatic heterocycles. The molecule has 0 saturated heterocycles. The highest BCUT2D eigenvalue weighted by Crippen LogP contribution is 2.65. The summed E-state index contributed by atoms with van der Waals surface area (Å²) >= 11 is 31.3. The Balaban J connectivity index is 1.54. The van der Waals surface area contributed by atoms with Crippen LogP contribution >= 0.6 is 58.0 Å². The van der Waals surface area contributed by atoms with Gasteiger partial charge in [0.1, 0.15) is 17.3 Å². The van der Waals surface area contributed by atoms with E-state index in [9.17, 15) is 14.0 Å². The summed E-state index contributed by atoms with van der Waals surface area (Å²) in [5.74, 6) is -2.90. The minimum Gasteiger partial charge on any atom is -0.399 e. The van der Waals surface area contributed by atoms with Gasteiger partial charge in [-0.25, -0.2) is 4.39 Å². The molecule has 0 bridgehead atoms. The molecule has 6 nitrogen and oxygen atoms in total. The number of carbonyl (C=O) groups is 2. The van der Waals surface area contributed by atoms with Gasteiger partial charge in [0.25, 0.3) is 5.91 Å². The number of hydrogen-bond donors (Lipinski definition) is 2. The molecule has 0 radical (unpaired) electrons. The lowest BCUT2D eigenvalue weighted by atomic mass is 10.1. The van der Waals surface area contributed by atoms with Gasteiger partial charge in [-0.3, -0.25) is 9.59 Å². The summed E-state index contributed by atoms with van der Waals surface area (Å²) in [7, 11) is 1.35. The van der Waals surface area contributed by atoms with Gasteiger partial charge in [0.15, 0.2) is 0 Å². The van der Waals surface area contributed by atoms with Crippen LogP contribution in [0.15, 0.2) is 59.8 Å². The van der Waals surface area contributed by atoms with Gasteiger partial charge in [0.05, 0.1) is 27.9 Å². The number of alkyl halides is 2. The molecule has 198 valence electrons. The van der Waals surface area contributed by atoms with Crippen LogP contribution in [0.25, 0.3) is 0 Å². The zero-order valence-electron chi connectivity index (χ0n) is 19.8. The number of carbonyl (C=O) groups excluding carboxylic acids is 2. The molecule has 4 rings (SSSR count). The molecule has 1 aliphatic rings. The van der Waals surface area contributed by atoms with Gasteiger partial charge in [-0.15, -0.1) is 23.2 Å². The molecule has 1 aliphatic carbocycles. The summed E-state index contributed by atoms with van der Waals surface area (Å²) in [4.78, 5) is 30.9. The maximum atomic E-state index is 13.8. The molecular formula is C26H19Cl5FN3O3. The monoisotopic (exact) mass is 615 g/mol. The van der Waals surface area contributed by atoms with Crippen molar-refractivity contribution < 1.29 is 18.8 Å². The van der Waals surface area contributed by atoms with Crippen LogP contribution in [0, 0.1) is 11.7 Å². The van der Waals surface area contributed by atoms with Crippen molar-refractivity contribution in [2.24, 2.45) is 11.1 Å². The van der Waals surface area contributed by atoms with Crippen molar-refractivity contribution >= 4 is 86.9 Å². The van der Waals surface area contributed by atoms with Gasteiger partial charge < -0.3 is 15.5 Å². The zero-order chi connectivity index (χ0) is 27.8. The Labute approximate surface area is 243 Å². The Bertz CT molecular complexity index is 1440. The molecule has 12 heteroatoms. The fourth-order valence-electron chi connectivity index (χ4n) is 4.12. The van der Waals surface area contributed by atoms with Crippen molar-refractivity contribution in [3.63, 3.8) is 0 Å². The van der Waals surface area contributed by atoms with Crippen molar-refractivity contribution in [3.05, 3.63) is 92.2 Å². The van der Waals surface area contributed by atoms with Crippen LogP contribution in [0.4, 0.5) is 15.8 Å². The number of amides is 2. The van der Waals surface area contributed by atoms with E-state index in [-0.39, 0.29) is 16.3 Å².